The normalized spacial score (nSPS) is 11.0. The molecule has 6 heteroatoms. The highest BCUT2D eigenvalue weighted by atomic mass is 16.5. The molecule has 0 aliphatic carbocycles. The van der Waals surface area contributed by atoms with Crippen LogP contribution in [0.3, 0.4) is 0 Å². The van der Waals surface area contributed by atoms with E-state index in [2.05, 4.69) is 11.1 Å². The van der Waals surface area contributed by atoms with Gasteiger partial charge in [-0.1, -0.05) is 12.1 Å². The smallest absolute Gasteiger partial charge is 0.238 e. The van der Waals surface area contributed by atoms with E-state index in [9.17, 15) is 5.26 Å². The van der Waals surface area contributed by atoms with Crippen LogP contribution in [0.15, 0.2) is 79.3 Å². The van der Waals surface area contributed by atoms with Crippen LogP contribution < -0.4 is 4.74 Å². The summed E-state index contributed by atoms with van der Waals surface area (Å²) in [5.74, 6) is 2.26. The predicted molar refractivity (Wildman–Crippen MR) is 104 cm³/mol. The van der Waals surface area contributed by atoms with Crippen molar-refractivity contribution in [1.82, 2.24) is 0 Å². The van der Waals surface area contributed by atoms with E-state index in [1.807, 2.05) is 31.2 Å². The lowest BCUT2D eigenvalue weighted by Gasteiger charge is -2.05. The van der Waals surface area contributed by atoms with Gasteiger partial charge in [0.2, 0.25) is 5.88 Å². The van der Waals surface area contributed by atoms with E-state index < -0.39 is 0 Å². The number of nitriles is 1. The van der Waals surface area contributed by atoms with Crippen molar-refractivity contribution in [2.45, 2.75) is 6.92 Å². The average molecular weight is 372 g/mol. The van der Waals surface area contributed by atoms with Crippen LogP contribution >= 0.6 is 0 Å². The molecule has 0 aliphatic rings. The predicted octanol–water partition coefficient (Wildman–Crippen LogP) is 5.82. The zero-order valence-electron chi connectivity index (χ0n) is 15.1. The summed E-state index contributed by atoms with van der Waals surface area (Å²) in [6.45, 7) is 2.46. The summed E-state index contributed by atoms with van der Waals surface area (Å²) in [5, 5.41) is 9.76. The maximum Gasteiger partial charge on any atom is 0.238 e. The lowest BCUT2D eigenvalue weighted by Crippen LogP contribution is -1.95. The molecule has 1 aromatic carbocycles. The third-order valence-electron chi connectivity index (χ3n) is 4.05. The van der Waals surface area contributed by atoms with Crippen LogP contribution in [0.25, 0.3) is 22.8 Å². The Hall–Kier alpha value is -3.98. The molecule has 0 amide bonds. The number of hydrogen-bond donors (Lipinski definition) is 0. The first-order valence-electron chi connectivity index (χ1n) is 8.72. The molecule has 0 saturated heterocycles. The van der Waals surface area contributed by atoms with Gasteiger partial charge in [0, 0.05) is 11.8 Å². The van der Waals surface area contributed by atoms with Gasteiger partial charge in [-0.25, -0.2) is 4.99 Å². The maximum absolute atomic E-state index is 9.76. The molecule has 0 atom stereocenters. The SMILES string of the molecule is CCOc1ccccc1C=Nc1oc(-c2ccco2)c(-c2ccco2)c1C#N. The van der Waals surface area contributed by atoms with E-state index in [4.69, 9.17) is 18.0 Å². The molecular formula is C22H16N2O4. The summed E-state index contributed by atoms with van der Waals surface area (Å²) in [5.41, 5.74) is 1.56. The Kier molecular flexibility index (Phi) is 4.81. The summed E-state index contributed by atoms with van der Waals surface area (Å²) in [6.07, 6.45) is 4.69. The van der Waals surface area contributed by atoms with Gasteiger partial charge < -0.3 is 18.0 Å². The van der Waals surface area contributed by atoms with Crippen molar-refractivity contribution in [3.05, 3.63) is 72.2 Å². The van der Waals surface area contributed by atoms with Crippen molar-refractivity contribution in [3.63, 3.8) is 0 Å². The summed E-state index contributed by atoms with van der Waals surface area (Å²) in [7, 11) is 0. The van der Waals surface area contributed by atoms with E-state index in [1.165, 1.54) is 12.5 Å². The summed E-state index contributed by atoms with van der Waals surface area (Å²) in [6, 6.07) is 16.7. The molecular weight excluding hydrogens is 356 g/mol. The number of benzene rings is 1. The van der Waals surface area contributed by atoms with Gasteiger partial charge in [0.15, 0.2) is 11.5 Å². The van der Waals surface area contributed by atoms with Gasteiger partial charge in [0.05, 0.1) is 24.7 Å². The van der Waals surface area contributed by atoms with E-state index in [0.29, 0.717) is 35.2 Å². The van der Waals surface area contributed by atoms with Crippen molar-refractivity contribution in [2.75, 3.05) is 6.61 Å². The van der Waals surface area contributed by atoms with Crippen LogP contribution in [-0.2, 0) is 0 Å². The Morgan fingerprint density at radius 2 is 1.79 bits per heavy atom. The number of nitrogens with zero attached hydrogens (tertiary/aromatic N) is 2. The number of aliphatic imine (C=N–C) groups is 1. The molecule has 3 aromatic heterocycles. The van der Waals surface area contributed by atoms with E-state index in [-0.39, 0.29) is 11.4 Å². The van der Waals surface area contributed by atoms with Gasteiger partial charge in [-0.2, -0.15) is 5.26 Å². The fourth-order valence-electron chi connectivity index (χ4n) is 2.85. The van der Waals surface area contributed by atoms with Crippen LogP contribution in [-0.4, -0.2) is 12.8 Å². The van der Waals surface area contributed by atoms with Crippen molar-refractivity contribution in [3.8, 4) is 34.7 Å². The molecule has 0 fully saturated rings. The molecule has 0 aliphatic heterocycles. The van der Waals surface area contributed by atoms with Crippen LogP contribution in [0.5, 0.6) is 5.75 Å². The third-order valence-corrected chi connectivity index (χ3v) is 4.05. The molecule has 0 bridgehead atoms. The first-order valence-corrected chi connectivity index (χ1v) is 8.72. The molecule has 3 heterocycles. The van der Waals surface area contributed by atoms with Crippen molar-refractivity contribution in [1.29, 1.82) is 5.26 Å². The highest BCUT2D eigenvalue weighted by molar-refractivity contribution is 5.88. The summed E-state index contributed by atoms with van der Waals surface area (Å²) < 4.78 is 22.5. The third kappa shape index (κ3) is 3.21. The van der Waals surface area contributed by atoms with Gasteiger partial charge in [0.1, 0.15) is 23.1 Å². The Labute approximate surface area is 161 Å². The monoisotopic (exact) mass is 372 g/mol. The van der Waals surface area contributed by atoms with E-state index in [1.54, 1.807) is 30.5 Å². The van der Waals surface area contributed by atoms with Crippen molar-refractivity contribution in [2.24, 2.45) is 4.99 Å². The van der Waals surface area contributed by atoms with Crippen LogP contribution in [0, 0.1) is 11.3 Å². The minimum Gasteiger partial charge on any atom is -0.493 e. The molecule has 0 N–H and O–H groups in total. The second-order valence-electron chi connectivity index (χ2n) is 5.78. The lowest BCUT2D eigenvalue weighted by molar-refractivity contribution is 0.340. The quantitative estimate of drug-likeness (QED) is 0.398. The minimum atomic E-state index is 0.173. The standard InChI is InChI=1S/C22H16N2O4/c1-2-25-17-8-4-3-7-15(17)14-24-22-16(13-23)20(18-9-5-11-26-18)21(28-22)19-10-6-12-27-19/h3-12,14H,2H2,1H3. The van der Waals surface area contributed by atoms with Gasteiger partial charge in [-0.15, -0.1) is 0 Å². The molecule has 6 nitrogen and oxygen atoms in total. The van der Waals surface area contributed by atoms with Gasteiger partial charge >= 0.3 is 0 Å². The second kappa shape index (κ2) is 7.72. The zero-order valence-corrected chi connectivity index (χ0v) is 15.1. The molecule has 0 saturated carbocycles. The van der Waals surface area contributed by atoms with Crippen molar-refractivity contribution >= 4 is 12.1 Å². The number of para-hydroxylation sites is 1. The first kappa shape index (κ1) is 17.4. The summed E-state index contributed by atoms with van der Waals surface area (Å²) >= 11 is 0. The molecule has 28 heavy (non-hydrogen) atoms. The molecule has 4 rings (SSSR count). The van der Waals surface area contributed by atoms with Crippen molar-refractivity contribution < 1.29 is 18.0 Å². The van der Waals surface area contributed by atoms with Gasteiger partial charge in [0.25, 0.3) is 0 Å². The maximum atomic E-state index is 9.76. The molecule has 4 aromatic rings. The Morgan fingerprint density at radius 1 is 1.04 bits per heavy atom. The Balaban J connectivity index is 1.83. The first-order chi connectivity index (χ1) is 13.8. The van der Waals surface area contributed by atoms with Gasteiger partial charge in [-0.3, -0.25) is 0 Å². The number of ether oxygens (including phenoxy) is 1. The van der Waals surface area contributed by atoms with Crippen LogP contribution in [0.1, 0.15) is 18.1 Å². The van der Waals surface area contributed by atoms with Crippen LogP contribution in [0.4, 0.5) is 5.88 Å². The molecule has 0 spiro atoms. The van der Waals surface area contributed by atoms with E-state index >= 15 is 0 Å². The molecule has 0 radical (unpaired) electrons. The lowest BCUT2D eigenvalue weighted by atomic mass is 10.1. The fourth-order valence-corrected chi connectivity index (χ4v) is 2.85. The van der Waals surface area contributed by atoms with Gasteiger partial charge in [-0.05, 0) is 43.3 Å². The number of furan rings is 3. The highest BCUT2D eigenvalue weighted by Crippen LogP contribution is 2.42. The highest BCUT2D eigenvalue weighted by Gasteiger charge is 2.26. The zero-order chi connectivity index (χ0) is 19.3. The number of hydrogen-bond acceptors (Lipinski definition) is 6. The molecule has 138 valence electrons. The van der Waals surface area contributed by atoms with E-state index in [0.717, 1.165) is 5.56 Å². The minimum absolute atomic E-state index is 0.173. The second-order valence-corrected chi connectivity index (χ2v) is 5.78. The largest absolute Gasteiger partial charge is 0.493 e. The fraction of sp³-hybridized carbons (Fsp3) is 0.0909. The molecule has 0 unspecified atom stereocenters. The topological polar surface area (TPSA) is 84.8 Å². The Bertz CT molecular complexity index is 1130. The number of rotatable bonds is 6. The summed E-state index contributed by atoms with van der Waals surface area (Å²) in [4.78, 5) is 4.41. The Morgan fingerprint density at radius 3 is 2.46 bits per heavy atom. The van der Waals surface area contributed by atoms with Crippen LogP contribution in [0.2, 0.25) is 0 Å². The average Bonchev–Trinajstić information content (AvgIpc) is 3.47.